The van der Waals surface area contributed by atoms with Gasteiger partial charge in [-0.2, -0.15) is 0 Å². The zero-order chi connectivity index (χ0) is 24.1. The highest BCUT2D eigenvalue weighted by molar-refractivity contribution is 5.73. The number of aromatic nitrogens is 5. The van der Waals surface area contributed by atoms with Crippen molar-refractivity contribution in [2.24, 2.45) is 0 Å². The minimum absolute atomic E-state index is 0.0634. The van der Waals surface area contributed by atoms with E-state index in [1.54, 1.807) is 4.57 Å². The van der Waals surface area contributed by atoms with Gasteiger partial charge in [0.2, 0.25) is 5.89 Å². The zero-order valence-electron chi connectivity index (χ0n) is 19.2. The summed E-state index contributed by atoms with van der Waals surface area (Å²) in [4.78, 5) is 48.7. The topological polar surface area (TPSA) is 125 Å². The number of benzene rings is 1. The number of aryl methyl sites for hydroxylation is 2. The Bertz CT molecular complexity index is 1400. The van der Waals surface area contributed by atoms with Crippen molar-refractivity contribution in [2.45, 2.75) is 59.2 Å². The monoisotopic (exact) mass is 465 g/mol. The molecule has 3 heterocycles. The Kier molecular flexibility index (Phi) is 7.05. The van der Waals surface area contributed by atoms with Crippen LogP contribution < -0.4 is 11.2 Å². The lowest BCUT2D eigenvalue weighted by atomic mass is 10.2. The Morgan fingerprint density at radius 3 is 2.59 bits per heavy atom. The lowest BCUT2D eigenvalue weighted by molar-refractivity contribution is -0.144. The Morgan fingerprint density at radius 2 is 1.85 bits per heavy atom. The molecule has 34 heavy (non-hydrogen) atoms. The number of ether oxygens (including phenoxy) is 1. The average molecular weight is 466 g/mol. The number of hydrogen-bond donors (Lipinski definition) is 1. The predicted molar refractivity (Wildman–Crippen MR) is 125 cm³/mol. The number of nitrogens with one attached hydrogen (secondary N) is 1. The third kappa shape index (κ3) is 4.85. The third-order valence-corrected chi connectivity index (χ3v) is 5.41. The highest BCUT2D eigenvalue weighted by Crippen LogP contribution is 2.19. The number of imidazole rings is 1. The SMILES string of the molecule is CCCCn1c(=O)[nH]c(=O)c2c1nc(COC(=O)Cc1coc(-c3ccccc3)n1)n2CCC. The number of aromatic amines is 1. The summed E-state index contributed by atoms with van der Waals surface area (Å²) in [6.45, 7) is 4.81. The van der Waals surface area contributed by atoms with Crippen LogP contribution in [-0.2, 0) is 35.6 Å². The number of carbonyl (C=O) groups is 1. The number of fused-ring (bicyclic) bond motifs is 1. The first-order valence-corrected chi connectivity index (χ1v) is 11.4. The summed E-state index contributed by atoms with van der Waals surface area (Å²) >= 11 is 0. The van der Waals surface area contributed by atoms with Gasteiger partial charge in [0.25, 0.3) is 5.56 Å². The quantitative estimate of drug-likeness (QED) is 0.357. The first-order chi connectivity index (χ1) is 16.5. The van der Waals surface area contributed by atoms with Gasteiger partial charge >= 0.3 is 11.7 Å². The minimum Gasteiger partial charge on any atom is -0.457 e. The molecule has 3 aromatic heterocycles. The van der Waals surface area contributed by atoms with Crippen LogP contribution in [0.3, 0.4) is 0 Å². The number of nitrogens with zero attached hydrogens (tertiary/aromatic N) is 4. The normalized spacial score (nSPS) is 11.2. The zero-order valence-corrected chi connectivity index (χ0v) is 19.2. The van der Waals surface area contributed by atoms with E-state index in [0.717, 1.165) is 24.8 Å². The summed E-state index contributed by atoms with van der Waals surface area (Å²) in [5.74, 6) is 0.342. The molecule has 0 amide bonds. The van der Waals surface area contributed by atoms with Crippen LogP contribution in [0.4, 0.5) is 0 Å². The largest absolute Gasteiger partial charge is 0.457 e. The molecule has 0 aliphatic heterocycles. The lowest BCUT2D eigenvalue weighted by Gasteiger charge is -2.08. The van der Waals surface area contributed by atoms with Crippen LogP contribution in [0.5, 0.6) is 0 Å². The van der Waals surface area contributed by atoms with Crippen LogP contribution in [0.2, 0.25) is 0 Å². The third-order valence-electron chi connectivity index (χ3n) is 5.41. The lowest BCUT2D eigenvalue weighted by Crippen LogP contribution is -2.31. The molecule has 0 bridgehead atoms. The van der Waals surface area contributed by atoms with Gasteiger partial charge in [-0.05, 0) is 25.0 Å². The molecule has 1 aromatic carbocycles. The molecule has 0 radical (unpaired) electrons. The maximum absolute atomic E-state index is 12.6. The van der Waals surface area contributed by atoms with E-state index < -0.39 is 17.2 Å². The van der Waals surface area contributed by atoms with Gasteiger partial charge in [0, 0.05) is 18.7 Å². The fraction of sp³-hybridized carbons (Fsp3) is 0.375. The first-order valence-electron chi connectivity index (χ1n) is 11.4. The van der Waals surface area contributed by atoms with Crippen LogP contribution in [0, 0.1) is 0 Å². The van der Waals surface area contributed by atoms with Crippen molar-refractivity contribution in [3.63, 3.8) is 0 Å². The van der Waals surface area contributed by atoms with Gasteiger partial charge < -0.3 is 13.7 Å². The van der Waals surface area contributed by atoms with E-state index >= 15 is 0 Å². The molecule has 0 aliphatic rings. The molecular weight excluding hydrogens is 438 g/mol. The summed E-state index contributed by atoms with van der Waals surface area (Å²) in [5, 5.41) is 0. The van der Waals surface area contributed by atoms with Crippen molar-refractivity contribution in [2.75, 3.05) is 0 Å². The van der Waals surface area contributed by atoms with E-state index in [1.165, 1.54) is 10.8 Å². The molecule has 0 atom stereocenters. The van der Waals surface area contributed by atoms with Crippen molar-refractivity contribution >= 4 is 17.1 Å². The van der Waals surface area contributed by atoms with Gasteiger partial charge in [0.1, 0.15) is 18.7 Å². The Morgan fingerprint density at radius 1 is 1.06 bits per heavy atom. The first kappa shape index (κ1) is 23.2. The molecule has 1 N–H and O–H groups in total. The molecule has 0 aliphatic carbocycles. The van der Waals surface area contributed by atoms with E-state index in [0.29, 0.717) is 41.7 Å². The van der Waals surface area contributed by atoms with Crippen LogP contribution in [0.15, 0.2) is 50.6 Å². The maximum atomic E-state index is 12.6. The highest BCUT2D eigenvalue weighted by Gasteiger charge is 2.19. The van der Waals surface area contributed by atoms with Gasteiger partial charge in [-0.25, -0.2) is 14.8 Å². The average Bonchev–Trinajstić information content (AvgIpc) is 3.44. The molecule has 0 saturated carbocycles. The van der Waals surface area contributed by atoms with E-state index in [9.17, 15) is 14.4 Å². The Balaban J connectivity index is 1.53. The highest BCUT2D eigenvalue weighted by atomic mass is 16.5. The number of rotatable bonds is 10. The standard InChI is InChI=1S/C24H27N5O5/c1-3-5-12-29-21-20(22(31)27-24(29)32)28(11-4-2)18(26-21)15-33-19(30)13-17-14-34-23(25-17)16-9-7-6-8-10-16/h6-10,14H,3-5,11-13,15H2,1-2H3,(H,27,31,32). The van der Waals surface area contributed by atoms with Crippen molar-refractivity contribution in [3.05, 3.63) is 69.0 Å². The second-order valence-corrected chi connectivity index (χ2v) is 7.96. The fourth-order valence-electron chi connectivity index (χ4n) is 3.76. The van der Waals surface area contributed by atoms with Gasteiger partial charge in [0.05, 0.1) is 12.1 Å². The molecule has 4 aromatic rings. The van der Waals surface area contributed by atoms with Crippen LogP contribution in [-0.4, -0.2) is 30.1 Å². The van der Waals surface area contributed by atoms with Crippen LogP contribution >= 0.6 is 0 Å². The van der Waals surface area contributed by atoms with Gasteiger partial charge in [0.15, 0.2) is 11.2 Å². The number of esters is 1. The number of hydrogen-bond acceptors (Lipinski definition) is 7. The Hall–Kier alpha value is -3.95. The number of H-pyrrole nitrogens is 1. The second kappa shape index (κ2) is 10.3. The molecule has 4 rings (SSSR count). The van der Waals surface area contributed by atoms with E-state index in [-0.39, 0.29) is 13.0 Å². The molecule has 178 valence electrons. The molecule has 10 nitrogen and oxygen atoms in total. The van der Waals surface area contributed by atoms with Crippen LogP contribution in [0.1, 0.15) is 44.6 Å². The second-order valence-electron chi connectivity index (χ2n) is 7.96. The number of oxazole rings is 1. The van der Waals surface area contributed by atoms with E-state index in [2.05, 4.69) is 15.0 Å². The molecule has 0 saturated heterocycles. The molecule has 0 unspecified atom stereocenters. The summed E-state index contributed by atoms with van der Waals surface area (Å²) in [7, 11) is 0. The molecule has 0 spiro atoms. The summed E-state index contributed by atoms with van der Waals surface area (Å²) in [6.07, 6.45) is 3.77. The minimum atomic E-state index is -0.500. The van der Waals surface area contributed by atoms with Gasteiger partial charge in [-0.15, -0.1) is 0 Å². The number of unbranched alkanes of at least 4 members (excludes halogenated alkanes) is 1. The Labute approximate surface area is 195 Å². The molecular formula is C24H27N5O5. The number of carbonyl (C=O) groups excluding carboxylic acids is 1. The van der Waals surface area contributed by atoms with Crippen molar-refractivity contribution in [1.29, 1.82) is 0 Å². The smallest absolute Gasteiger partial charge is 0.330 e. The van der Waals surface area contributed by atoms with Crippen molar-refractivity contribution in [3.8, 4) is 11.5 Å². The predicted octanol–water partition coefficient (Wildman–Crippen LogP) is 3.04. The van der Waals surface area contributed by atoms with E-state index in [1.807, 2.05) is 44.2 Å². The van der Waals surface area contributed by atoms with Crippen LogP contribution in [0.25, 0.3) is 22.6 Å². The summed E-state index contributed by atoms with van der Waals surface area (Å²) in [6, 6.07) is 9.39. The summed E-state index contributed by atoms with van der Waals surface area (Å²) in [5.41, 5.74) is 0.905. The fourth-order valence-corrected chi connectivity index (χ4v) is 3.76. The molecule has 10 heteroatoms. The van der Waals surface area contributed by atoms with Gasteiger partial charge in [-0.3, -0.25) is 19.1 Å². The van der Waals surface area contributed by atoms with E-state index in [4.69, 9.17) is 9.15 Å². The van der Waals surface area contributed by atoms with Crippen molar-refractivity contribution < 1.29 is 13.9 Å². The maximum Gasteiger partial charge on any atom is 0.330 e. The van der Waals surface area contributed by atoms with Gasteiger partial charge in [-0.1, -0.05) is 38.5 Å². The van der Waals surface area contributed by atoms with Crippen molar-refractivity contribution in [1.82, 2.24) is 24.1 Å². The summed E-state index contributed by atoms with van der Waals surface area (Å²) < 4.78 is 14.1. The molecule has 0 fully saturated rings.